The lowest BCUT2D eigenvalue weighted by atomic mass is 9.83. The summed E-state index contributed by atoms with van der Waals surface area (Å²) in [5, 5.41) is 24.1. The number of benzene rings is 2. The molecule has 1 amide bonds. The second-order valence-electron chi connectivity index (χ2n) is 9.46. The summed E-state index contributed by atoms with van der Waals surface area (Å²) in [5.41, 5.74) is 3.32. The van der Waals surface area contributed by atoms with Gasteiger partial charge >= 0.3 is 0 Å². The van der Waals surface area contributed by atoms with E-state index in [1.54, 1.807) is 6.07 Å². The van der Waals surface area contributed by atoms with Crippen LogP contribution >= 0.6 is 0 Å². The molecule has 0 spiro atoms. The fourth-order valence-electron chi connectivity index (χ4n) is 5.58. The smallest absolute Gasteiger partial charge is 0.269 e. The quantitative estimate of drug-likeness (QED) is 0.481. The van der Waals surface area contributed by atoms with Crippen LogP contribution in [0.1, 0.15) is 11.1 Å². The molecule has 3 heterocycles. The first-order chi connectivity index (χ1) is 17.5. The molecule has 0 radical (unpaired) electrons. The summed E-state index contributed by atoms with van der Waals surface area (Å²) >= 11 is 0. The van der Waals surface area contributed by atoms with Gasteiger partial charge in [-0.15, -0.1) is 0 Å². The number of hydrogen-bond acceptors (Lipinski definition) is 8. The predicted molar refractivity (Wildman–Crippen MR) is 135 cm³/mol. The van der Waals surface area contributed by atoms with E-state index in [0.717, 1.165) is 36.6 Å². The van der Waals surface area contributed by atoms with Crippen LogP contribution in [0, 0.1) is 27.4 Å². The van der Waals surface area contributed by atoms with Gasteiger partial charge in [-0.05, 0) is 30.2 Å². The summed E-state index contributed by atoms with van der Waals surface area (Å²) in [4.78, 5) is 31.2. The third-order valence-electron chi connectivity index (χ3n) is 7.44. The molecule has 0 aromatic heterocycles. The number of nitriles is 1. The molecule has 3 aliphatic heterocycles. The fraction of sp³-hybridized carbons (Fsp3) is 0.462. The number of carbonyl (C=O) groups is 1. The molecule has 3 aliphatic rings. The third-order valence-corrected chi connectivity index (χ3v) is 7.44. The van der Waals surface area contributed by atoms with Gasteiger partial charge in [-0.3, -0.25) is 19.8 Å². The summed E-state index contributed by atoms with van der Waals surface area (Å²) in [6.45, 7) is 6.40. The Morgan fingerprint density at radius 2 is 1.94 bits per heavy atom. The summed E-state index contributed by atoms with van der Waals surface area (Å²) in [6.07, 6.45) is 0.440. The predicted octanol–water partition coefficient (Wildman–Crippen LogP) is 1.78. The van der Waals surface area contributed by atoms with Gasteiger partial charge in [-0.2, -0.15) is 5.26 Å². The van der Waals surface area contributed by atoms with Crippen molar-refractivity contribution in [3.63, 3.8) is 0 Å². The van der Waals surface area contributed by atoms with Crippen LogP contribution in [0.5, 0.6) is 0 Å². The molecule has 0 bridgehead atoms. The van der Waals surface area contributed by atoms with Crippen molar-refractivity contribution in [2.24, 2.45) is 5.92 Å². The van der Waals surface area contributed by atoms with Crippen molar-refractivity contribution in [3.05, 3.63) is 63.7 Å². The van der Waals surface area contributed by atoms with E-state index in [4.69, 9.17) is 4.74 Å². The number of amides is 1. The standard InChI is InChI=1S/C26H30N6O4/c27-17-19-3-1-2-4-23(19)30-9-10-31-24-6-5-21(32(34)35)15-20(24)16-22(25(31)18-30)26(33)28-7-8-29-11-13-36-14-12-29/h1-6,15,22,25H,7-14,16,18H2,(H,28,33). The number of nitrogens with zero attached hydrogens (tertiary/aromatic N) is 5. The zero-order valence-corrected chi connectivity index (χ0v) is 20.1. The molecular weight excluding hydrogens is 460 g/mol. The normalized spacial score (nSPS) is 21.8. The Kier molecular flexibility index (Phi) is 7.02. The van der Waals surface area contributed by atoms with Gasteiger partial charge in [0.1, 0.15) is 6.07 Å². The van der Waals surface area contributed by atoms with E-state index in [-0.39, 0.29) is 28.5 Å². The maximum absolute atomic E-state index is 13.5. The monoisotopic (exact) mass is 490 g/mol. The number of non-ortho nitro benzene ring substituents is 1. The first-order valence-electron chi connectivity index (χ1n) is 12.4. The SMILES string of the molecule is N#Cc1ccccc1N1CCN2c3ccc([N+](=O)[O-])cc3CC(C(=O)NCCN3CCOCC3)C2C1. The average molecular weight is 491 g/mol. The molecule has 2 unspecified atom stereocenters. The van der Waals surface area contributed by atoms with Crippen LogP contribution in [-0.2, 0) is 16.0 Å². The number of para-hydroxylation sites is 1. The van der Waals surface area contributed by atoms with Gasteiger partial charge in [0.15, 0.2) is 0 Å². The van der Waals surface area contributed by atoms with Crippen molar-refractivity contribution in [1.82, 2.24) is 10.2 Å². The molecule has 2 aromatic rings. The number of carbonyl (C=O) groups excluding carboxylic acids is 1. The number of morpholine rings is 1. The van der Waals surface area contributed by atoms with Gasteiger partial charge in [0.05, 0.1) is 41.3 Å². The Morgan fingerprint density at radius 1 is 1.14 bits per heavy atom. The molecule has 5 rings (SSSR count). The van der Waals surface area contributed by atoms with Gasteiger partial charge < -0.3 is 19.9 Å². The lowest BCUT2D eigenvalue weighted by Gasteiger charge is -2.49. The van der Waals surface area contributed by atoms with Gasteiger partial charge in [0.25, 0.3) is 5.69 Å². The second kappa shape index (κ2) is 10.5. The van der Waals surface area contributed by atoms with Crippen molar-refractivity contribution in [2.45, 2.75) is 12.5 Å². The van der Waals surface area contributed by atoms with Crippen molar-refractivity contribution in [3.8, 4) is 6.07 Å². The molecule has 1 N–H and O–H groups in total. The Balaban J connectivity index is 1.38. The molecule has 2 saturated heterocycles. The number of rotatable bonds is 6. The molecule has 2 aromatic carbocycles. The van der Waals surface area contributed by atoms with E-state index >= 15 is 0 Å². The highest BCUT2D eigenvalue weighted by Crippen LogP contribution is 2.39. The van der Waals surface area contributed by atoms with E-state index in [1.807, 2.05) is 30.3 Å². The largest absolute Gasteiger partial charge is 0.379 e. The highest BCUT2D eigenvalue weighted by molar-refractivity contribution is 5.82. The van der Waals surface area contributed by atoms with Crippen LogP contribution < -0.4 is 15.1 Å². The Morgan fingerprint density at radius 3 is 2.72 bits per heavy atom. The lowest BCUT2D eigenvalue weighted by molar-refractivity contribution is -0.384. The third kappa shape index (κ3) is 4.85. The maximum Gasteiger partial charge on any atom is 0.269 e. The number of hydrogen-bond donors (Lipinski definition) is 1. The number of fused-ring (bicyclic) bond motifs is 3. The summed E-state index contributed by atoms with van der Waals surface area (Å²) in [6, 6.07) is 14.7. The molecule has 2 fully saturated rings. The van der Waals surface area contributed by atoms with Crippen molar-refractivity contribution < 1.29 is 14.5 Å². The van der Waals surface area contributed by atoms with E-state index in [0.29, 0.717) is 51.4 Å². The molecule has 2 atom stereocenters. The molecular formula is C26H30N6O4. The second-order valence-corrected chi connectivity index (χ2v) is 9.46. The van der Waals surface area contributed by atoms with E-state index in [2.05, 4.69) is 26.1 Å². The fourth-order valence-corrected chi connectivity index (χ4v) is 5.58. The van der Waals surface area contributed by atoms with E-state index in [9.17, 15) is 20.2 Å². The van der Waals surface area contributed by atoms with E-state index < -0.39 is 0 Å². The first kappa shape index (κ1) is 24.0. The Hall–Kier alpha value is -3.68. The highest BCUT2D eigenvalue weighted by Gasteiger charge is 2.42. The number of piperazine rings is 1. The van der Waals surface area contributed by atoms with Crippen molar-refractivity contribution >= 4 is 23.0 Å². The molecule has 188 valence electrons. The van der Waals surface area contributed by atoms with Crippen LogP contribution in [0.25, 0.3) is 0 Å². The zero-order valence-electron chi connectivity index (χ0n) is 20.1. The van der Waals surface area contributed by atoms with Crippen LogP contribution in [0.3, 0.4) is 0 Å². The first-order valence-corrected chi connectivity index (χ1v) is 12.4. The van der Waals surface area contributed by atoms with Crippen LogP contribution in [0.15, 0.2) is 42.5 Å². The minimum Gasteiger partial charge on any atom is -0.379 e. The molecule has 36 heavy (non-hydrogen) atoms. The van der Waals surface area contributed by atoms with Gasteiger partial charge in [-0.25, -0.2) is 0 Å². The van der Waals surface area contributed by atoms with E-state index in [1.165, 1.54) is 6.07 Å². The van der Waals surface area contributed by atoms with Gasteiger partial charge in [0, 0.05) is 63.6 Å². The molecule has 0 saturated carbocycles. The highest BCUT2D eigenvalue weighted by atomic mass is 16.6. The maximum atomic E-state index is 13.5. The van der Waals surface area contributed by atoms with Crippen LogP contribution in [-0.4, -0.2) is 80.8 Å². The zero-order chi connectivity index (χ0) is 25.1. The minimum absolute atomic E-state index is 0.0363. The summed E-state index contributed by atoms with van der Waals surface area (Å²) in [5.74, 6) is -0.396. The summed E-state index contributed by atoms with van der Waals surface area (Å²) < 4.78 is 5.40. The molecule has 0 aliphatic carbocycles. The average Bonchev–Trinajstić information content (AvgIpc) is 2.92. The number of nitro groups is 1. The Bertz CT molecular complexity index is 1180. The van der Waals surface area contributed by atoms with Crippen molar-refractivity contribution in [2.75, 3.05) is 68.8 Å². The van der Waals surface area contributed by atoms with Crippen LogP contribution in [0.2, 0.25) is 0 Å². The minimum atomic E-state index is -0.388. The lowest BCUT2D eigenvalue weighted by Crippen LogP contribution is -2.61. The van der Waals surface area contributed by atoms with Gasteiger partial charge in [0.2, 0.25) is 5.91 Å². The number of ether oxygens (including phenoxy) is 1. The number of anilines is 2. The topological polar surface area (TPSA) is 115 Å². The molecule has 10 nitrogen and oxygen atoms in total. The van der Waals surface area contributed by atoms with Crippen molar-refractivity contribution in [1.29, 1.82) is 5.26 Å². The van der Waals surface area contributed by atoms with Crippen LogP contribution in [0.4, 0.5) is 17.1 Å². The number of nitro benzene ring substituents is 1. The number of nitrogens with one attached hydrogen (secondary N) is 1. The Labute approximate surface area is 210 Å². The summed E-state index contributed by atoms with van der Waals surface area (Å²) in [7, 11) is 0. The molecule has 10 heteroatoms. The van der Waals surface area contributed by atoms with Gasteiger partial charge in [-0.1, -0.05) is 12.1 Å².